The first kappa shape index (κ1) is 23.1. The van der Waals surface area contributed by atoms with Crippen LogP contribution in [0.4, 0.5) is 11.4 Å². The van der Waals surface area contributed by atoms with Crippen molar-refractivity contribution >= 4 is 11.4 Å². The van der Waals surface area contributed by atoms with Gasteiger partial charge in [-0.1, -0.05) is 32.9 Å². The second-order valence-electron chi connectivity index (χ2n) is 12.0. The van der Waals surface area contributed by atoms with Crippen LogP contribution in [0.15, 0.2) is 35.3 Å². The summed E-state index contributed by atoms with van der Waals surface area (Å²) in [5.74, 6) is 1.58. The number of morpholine rings is 1. The number of hydrogen-bond donors (Lipinski definition) is 0. The van der Waals surface area contributed by atoms with Gasteiger partial charge in [-0.05, 0) is 53.7 Å². The lowest BCUT2D eigenvalue weighted by molar-refractivity contribution is 0.0394. The average molecular weight is 478 g/mol. The van der Waals surface area contributed by atoms with Crippen LogP contribution in [0, 0.1) is 16.7 Å². The maximum Gasteiger partial charge on any atom is 0.256 e. The Kier molecular flexibility index (Phi) is 5.53. The molecule has 0 N–H and O–H groups in total. The first-order chi connectivity index (χ1) is 16.8. The van der Waals surface area contributed by atoms with E-state index in [9.17, 15) is 4.79 Å². The van der Waals surface area contributed by atoms with E-state index in [1.165, 1.54) is 24.8 Å². The van der Waals surface area contributed by atoms with Gasteiger partial charge in [0.1, 0.15) is 5.75 Å². The molecule has 188 valence electrons. The molecule has 0 spiro atoms. The van der Waals surface area contributed by atoms with Crippen molar-refractivity contribution < 1.29 is 9.47 Å². The van der Waals surface area contributed by atoms with Crippen molar-refractivity contribution in [3.05, 3.63) is 51.9 Å². The summed E-state index contributed by atoms with van der Waals surface area (Å²) in [5, 5.41) is 0. The summed E-state index contributed by atoms with van der Waals surface area (Å²) in [6.07, 6.45) is 6.51. The number of benzene rings is 1. The minimum absolute atomic E-state index is 0.136. The van der Waals surface area contributed by atoms with Gasteiger partial charge in [0.15, 0.2) is 0 Å². The number of pyridine rings is 1. The van der Waals surface area contributed by atoms with E-state index in [2.05, 4.69) is 53.5 Å². The standard InChI is InChI=1S/C29H39N3O3/c1-28(2)21-8-10-29(3,19-21)27(28)32-11-9-23-22(26(32)33)18-20-6-5-7-24(34-4)25(20)31(23)13-12-30-14-16-35-17-15-30/h5-7,9,11,21,27H,8,10,12-19H2,1-4H3/t21-,27?,29+/m1/s1. The molecule has 3 atom stereocenters. The molecule has 35 heavy (non-hydrogen) atoms. The number of aromatic nitrogens is 1. The van der Waals surface area contributed by atoms with Gasteiger partial charge in [-0.25, -0.2) is 0 Å². The van der Waals surface area contributed by atoms with Crippen LogP contribution in [0.3, 0.4) is 0 Å². The van der Waals surface area contributed by atoms with Crippen molar-refractivity contribution in [2.24, 2.45) is 16.7 Å². The van der Waals surface area contributed by atoms with Gasteiger partial charge in [-0.3, -0.25) is 9.69 Å². The molecule has 1 saturated heterocycles. The molecule has 1 aromatic carbocycles. The molecule has 0 radical (unpaired) electrons. The smallest absolute Gasteiger partial charge is 0.256 e. The van der Waals surface area contributed by atoms with E-state index in [-0.39, 0.29) is 22.4 Å². The predicted octanol–water partition coefficient (Wildman–Crippen LogP) is 4.62. The Hall–Kier alpha value is -2.31. The normalized spacial score (nSPS) is 29.2. The van der Waals surface area contributed by atoms with Crippen LogP contribution in [0.25, 0.3) is 0 Å². The van der Waals surface area contributed by atoms with Crippen LogP contribution >= 0.6 is 0 Å². The zero-order valence-electron chi connectivity index (χ0n) is 21.7. The van der Waals surface area contributed by atoms with E-state index in [4.69, 9.17) is 9.47 Å². The maximum atomic E-state index is 14.2. The Morgan fingerprint density at radius 2 is 1.91 bits per heavy atom. The van der Waals surface area contributed by atoms with Crippen LogP contribution in [-0.2, 0) is 11.2 Å². The summed E-state index contributed by atoms with van der Waals surface area (Å²) < 4.78 is 13.5. The van der Waals surface area contributed by atoms with Crippen LogP contribution in [-0.4, -0.2) is 56.0 Å². The predicted molar refractivity (Wildman–Crippen MR) is 139 cm³/mol. The molecule has 0 amide bonds. The van der Waals surface area contributed by atoms with Gasteiger partial charge < -0.3 is 18.9 Å². The van der Waals surface area contributed by atoms with Crippen LogP contribution in [0.1, 0.15) is 57.2 Å². The zero-order valence-corrected chi connectivity index (χ0v) is 21.7. The Labute approximate surface area is 208 Å². The van der Waals surface area contributed by atoms with Crippen molar-refractivity contribution in [2.75, 3.05) is 51.4 Å². The third-order valence-corrected chi connectivity index (χ3v) is 9.64. The van der Waals surface area contributed by atoms with Crippen molar-refractivity contribution in [3.63, 3.8) is 0 Å². The molecule has 1 unspecified atom stereocenters. The fourth-order valence-corrected chi connectivity index (χ4v) is 7.97. The zero-order chi connectivity index (χ0) is 24.4. The number of ether oxygens (including phenoxy) is 2. The van der Waals surface area contributed by atoms with Gasteiger partial charge in [0, 0.05) is 50.4 Å². The molecule has 6 rings (SSSR count). The lowest BCUT2D eigenvalue weighted by Crippen LogP contribution is -2.44. The molecule has 2 saturated carbocycles. The molecular weight excluding hydrogens is 438 g/mol. The van der Waals surface area contributed by atoms with E-state index >= 15 is 0 Å². The van der Waals surface area contributed by atoms with Gasteiger partial charge in [-0.15, -0.1) is 0 Å². The van der Waals surface area contributed by atoms with Crippen molar-refractivity contribution in [2.45, 2.75) is 52.5 Å². The van der Waals surface area contributed by atoms with Crippen molar-refractivity contribution in [3.8, 4) is 5.75 Å². The quantitative estimate of drug-likeness (QED) is 0.629. The second-order valence-corrected chi connectivity index (χ2v) is 12.0. The minimum Gasteiger partial charge on any atom is -0.495 e. The van der Waals surface area contributed by atoms with Gasteiger partial charge in [0.05, 0.1) is 31.7 Å². The Morgan fingerprint density at radius 3 is 2.63 bits per heavy atom. The van der Waals surface area contributed by atoms with E-state index in [0.717, 1.165) is 62.1 Å². The molecule has 4 aliphatic rings. The number of rotatable bonds is 5. The molecule has 6 nitrogen and oxygen atoms in total. The topological polar surface area (TPSA) is 46.9 Å². The fraction of sp³-hybridized carbons (Fsp3) is 0.621. The monoisotopic (exact) mass is 477 g/mol. The van der Waals surface area contributed by atoms with Crippen molar-refractivity contribution in [1.82, 2.24) is 9.47 Å². The fourth-order valence-electron chi connectivity index (χ4n) is 7.97. The highest BCUT2D eigenvalue weighted by molar-refractivity contribution is 5.78. The molecule has 2 aliphatic heterocycles. The number of fused-ring (bicyclic) bond motifs is 4. The lowest BCUT2D eigenvalue weighted by atomic mass is 9.68. The van der Waals surface area contributed by atoms with Gasteiger partial charge >= 0.3 is 0 Å². The van der Waals surface area contributed by atoms with E-state index in [1.807, 2.05) is 12.1 Å². The highest BCUT2D eigenvalue weighted by Gasteiger charge is 2.60. The summed E-state index contributed by atoms with van der Waals surface area (Å²) in [7, 11) is 1.74. The van der Waals surface area contributed by atoms with Crippen molar-refractivity contribution in [1.29, 1.82) is 0 Å². The summed E-state index contributed by atoms with van der Waals surface area (Å²) in [6.45, 7) is 12.4. The summed E-state index contributed by atoms with van der Waals surface area (Å²) in [6, 6.07) is 8.69. The lowest BCUT2D eigenvalue weighted by Gasteiger charge is -2.44. The molecule has 3 heterocycles. The summed E-state index contributed by atoms with van der Waals surface area (Å²) in [5.41, 5.74) is 4.79. The largest absolute Gasteiger partial charge is 0.495 e. The second kappa shape index (κ2) is 8.38. The molecule has 1 aromatic heterocycles. The van der Waals surface area contributed by atoms with Crippen LogP contribution in [0.2, 0.25) is 0 Å². The van der Waals surface area contributed by atoms with E-state index < -0.39 is 0 Å². The van der Waals surface area contributed by atoms with Crippen LogP contribution < -0.4 is 15.2 Å². The number of nitrogens with zero attached hydrogens (tertiary/aromatic N) is 3. The van der Waals surface area contributed by atoms with E-state index in [0.29, 0.717) is 12.3 Å². The van der Waals surface area contributed by atoms with Gasteiger partial charge in [0.2, 0.25) is 0 Å². The molecule has 6 heteroatoms. The highest BCUT2D eigenvalue weighted by Crippen LogP contribution is 2.67. The number of methoxy groups -OCH3 is 1. The summed E-state index contributed by atoms with van der Waals surface area (Å²) >= 11 is 0. The maximum absolute atomic E-state index is 14.2. The molecule has 3 fully saturated rings. The Morgan fingerprint density at radius 1 is 1.11 bits per heavy atom. The SMILES string of the molecule is COc1cccc2c1N(CCN1CCOCC1)c1ccn(C3C(C)(C)[C@@H]4CC[C@@]3(C)C4)c(=O)c1C2. The average Bonchev–Trinajstić information content (AvgIpc) is 3.35. The summed E-state index contributed by atoms with van der Waals surface area (Å²) in [4.78, 5) is 19.0. The highest BCUT2D eigenvalue weighted by atomic mass is 16.5. The van der Waals surface area contributed by atoms with E-state index in [1.54, 1.807) is 7.11 Å². The Balaban J connectivity index is 1.42. The number of para-hydroxylation sites is 1. The molecule has 2 aromatic rings. The number of anilines is 2. The van der Waals surface area contributed by atoms with Gasteiger partial charge in [-0.2, -0.15) is 0 Å². The minimum atomic E-state index is 0.136. The molecule has 2 aliphatic carbocycles. The number of hydrogen-bond acceptors (Lipinski definition) is 5. The van der Waals surface area contributed by atoms with Crippen LogP contribution in [0.5, 0.6) is 5.75 Å². The third-order valence-electron chi connectivity index (χ3n) is 9.64. The molecular formula is C29H39N3O3. The Bertz CT molecular complexity index is 1180. The third kappa shape index (κ3) is 3.55. The molecule has 2 bridgehead atoms. The first-order valence-electron chi connectivity index (χ1n) is 13.3. The van der Waals surface area contributed by atoms with Gasteiger partial charge in [0.25, 0.3) is 5.56 Å². The first-order valence-corrected chi connectivity index (χ1v) is 13.3.